The minimum atomic E-state index is -1.79. The van der Waals surface area contributed by atoms with Gasteiger partial charge < -0.3 is 65.1 Å². The normalized spacial score (nSPS) is 23.4. The van der Waals surface area contributed by atoms with E-state index in [2.05, 4.69) is 92.1 Å². The number of unbranched alkanes of at least 4 members (excludes halogenated alkanes) is 35. The summed E-state index contributed by atoms with van der Waals surface area (Å²) in [4.78, 5) is 13.3. The number of allylic oxidation sites excluding steroid dienone is 13. The quantitative estimate of drug-likeness (QED) is 0.0204. The van der Waals surface area contributed by atoms with Gasteiger partial charge in [0.25, 0.3) is 0 Å². The van der Waals surface area contributed by atoms with Crippen molar-refractivity contribution in [3.63, 3.8) is 0 Å². The van der Waals surface area contributed by atoms with E-state index in [-0.39, 0.29) is 18.9 Å². The van der Waals surface area contributed by atoms with Crippen LogP contribution in [0, 0.1) is 0 Å². The van der Waals surface area contributed by atoms with Crippen LogP contribution in [-0.2, 0) is 23.7 Å². The van der Waals surface area contributed by atoms with E-state index in [1.54, 1.807) is 6.08 Å². The molecule has 2 aliphatic heterocycles. The summed E-state index contributed by atoms with van der Waals surface area (Å²) in [6.07, 6.45) is 66.6. The van der Waals surface area contributed by atoms with Crippen LogP contribution in [0.4, 0.5) is 0 Å². The Kier molecular flexibility index (Phi) is 55.4. The molecule has 2 rings (SSSR count). The molecule has 14 nitrogen and oxygen atoms in total. The van der Waals surface area contributed by atoms with E-state index in [9.17, 15) is 45.6 Å². The number of rotatable bonds is 60. The molecule has 2 fully saturated rings. The zero-order valence-corrected chi connectivity index (χ0v) is 56.9. The fourth-order valence-corrected chi connectivity index (χ4v) is 11.8. The molecule has 2 saturated heterocycles. The summed E-state index contributed by atoms with van der Waals surface area (Å²) in [5.41, 5.74) is 0. The van der Waals surface area contributed by atoms with Crippen molar-refractivity contribution in [2.24, 2.45) is 0 Å². The van der Waals surface area contributed by atoms with Crippen LogP contribution >= 0.6 is 0 Å². The summed E-state index contributed by atoms with van der Waals surface area (Å²) in [7, 11) is 0. The SMILES string of the molecule is CC/C=C\C/C=C\C/C=C\C/C=C\C/C=C\C/C=C\CCCCCCCCCCCCCCCCCCCCCCCCC(=O)NC(COC1OC(CO)C(OC2OC(CO)C(O)C(O)C2O)C(O)C1O)C(O)/C=C/CCCCCCCCCCCCCCC. The number of amides is 1. The first-order chi connectivity index (χ1) is 44.1. The number of aliphatic hydroxyl groups excluding tert-OH is 8. The topological polar surface area (TPSA) is 228 Å². The van der Waals surface area contributed by atoms with Crippen molar-refractivity contribution in [2.75, 3.05) is 19.8 Å². The van der Waals surface area contributed by atoms with E-state index >= 15 is 0 Å². The summed E-state index contributed by atoms with van der Waals surface area (Å²) >= 11 is 0. The van der Waals surface area contributed by atoms with Gasteiger partial charge in [0.05, 0.1) is 32.0 Å². The first-order valence-electron chi connectivity index (χ1n) is 36.8. The maximum atomic E-state index is 13.3. The molecule has 2 aliphatic rings. The summed E-state index contributed by atoms with van der Waals surface area (Å²) in [6.45, 7) is 2.70. The molecule has 0 aromatic carbocycles. The van der Waals surface area contributed by atoms with Gasteiger partial charge in [-0.1, -0.05) is 304 Å². The second kappa shape index (κ2) is 59.9. The van der Waals surface area contributed by atoms with Crippen molar-refractivity contribution in [2.45, 2.75) is 370 Å². The maximum Gasteiger partial charge on any atom is 0.220 e. The second-order valence-corrected chi connectivity index (χ2v) is 25.7. The Balaban J connectivity index is 1.55. The predicted molar refractivity (Wildman–Crippen MR) is 369 cm³/mol. The third kappa shape index (κ3) is 43.2. The van der Waals surface area contributed by atoms with Crippen molar-refractivity contribution in [3.05, 3.63) is 85.1 Å². The van der Waals surface area contributed by atoms with Crippen LogP contribution in [-0.4, -0.2) is 140 Å². The number of ether oxygens (including phenoxy) is 4. The molecular formula is C76H135NO13. The standard InChI is InChI=1S/C76H135NO13/c1-3-5-7-9-11-13-15-17-19-20-21-22-23-24-25-26-27-28-29-30-31-32-33-34-35-36-37-38-39-40-41-42-43-44-46-48-50-52-54-56-58-60-68(81)77-64(65(80)59-57-55-53-51-49-47-45-18-16-14-12-10-8-6-4-2)63-87-75-73(86)71(84)74(67(62-79)89-75)90-76-72(85)70(83)69(82)66(61-78)88-76/h5,7,11,13,17,19,21-22,24-25,27-28,57,59,64-67,69-76,78-80,82-86H,3-4,6,8-10,12,14-16,18,20,23,26,29-56,58,60-63H2,1-2H3,(H,77,81)/b7-5-,13-11-,19-17-,22-21-,25-24-,28-27-,59-57+. The fourth-order valence-electron chi connectivity index (χ4n) is 11.8. The van der Waals surface area contributed by atoms with Crippen LogP contribution in [0.5, 0.6) is 0 Å². The lowest BCUT2D eigenvalue weighted by Crippen LogP contribution is -2.65. The highest BCUT2D eigenvalue weighted by Gasteiger charge is 2.51. The number of nitrogens with one attached hydrogen (secondary N) is 1. The van der Waals surface area contributed by atoms with Crippen LogP contribution in [0.25, 0.3) is 0 Å². The second-order valence-electron chi connectivity index (χ2n) is 25.7. The largest absolute Gasteiger partial charge is 0.394 e. The van der Waals surface area contributed by atoms with Gasteiger partial charge in [-0.2, -0.15) is 0 Å². The molecule has 0 radical (unpaired) electrons. The summed E-state index contributed by atoms with van der Waals surface area (Å²) < 4.78 is 22.8. The van der Waals surface area contributed by atoms with Gasteiger partial charge >= 0.3 is 0 Å². The van der Waals surface area contributed by atoms with Crippen molar-refractivity contribution < 1.29 is 64.6 Å². The summed E-state index contributed by atoms with van der Waals surface area (Å²) in [6, 6.07) is -0.916. The van der Waals surface area contributed by atoms with Crippen molar-refractivity contribution in [3.8, 4) is 0 Å². The Hall–Kier alpha value is -2.83. The molecule has 0 aliphatic carbocycles. The lowest BCUT2D eigenvalue weighted by atomic mass is 9.97. The maximum absolute atomic E-state index is 13.3. The van der Waals surface area contributed by atoms with E-state index < -0.39 is 86.8 Å². The highest BCUT2D eigenvalue weighted by atomic mass is 16.7. The Labute approximate surface area is 548 Å². The van der Waals surface area contributed by atoms with Crippen LogP contribution in [0.1, 0.15) is 296 Å². The first kappa shape index (κ1) is 83.3. The smallest absolute Gasteiger partial charge is 0.220 e. The number of aliphatic hydroxyl groups is 8. The third-order valence-corrected chi connectivity index (χ3v) is 17.6. The molecule has 0 aromatic heterocycles. The zero-order valence-electron chi connectivity index (χ0n) is 56.9. The number of hydrogen-bond acceptors (Lipinski definition) is 13. The number of carbonyl (C=O) groups excluding carboxylic acids is 1. The van der Waals surface area contributed by atoms with Gasteiger partial charge in [-0.3, -0.25) is 4.79 Å². The molecule has 0 aromatic rings. The Morgan fingerprint density at radius 1 is 0.411 bits per heavy atom. The van der Waals surface area contributed by atoms with Crippen LogP contribution in [0.15, 0.2) is 85.1 Å². The Bertz CT molecular complexity index is 1830. The lowest BCUT2D eigenvalue weighted by Gasteiger charge is -2.46. The van der Waals surface area contributed by atoms with E-state index in [0.29, 0.717) is 6.42 Å². The molecule has 0 bridgehead atoms. The molecule has 522 valence electrons. The predicted octanol–water partition coefficient (Wildman–Crippen LogP) is 15.6. The monoisotopic (exact) mass is 1270 g/mol. The van der Waals surface area contributed by atoms with Gasteiger partial charge in [-0.15, -0.1) is 0 Å². The van der Waals surface area contributed by atoms with Crippen LogP contribution < -0.4 is 5.32 Å². The lowest BCUT2D eigenvalue weighted by molar-refractivity contribution is -0.359. The molecule has 14 heteroatoms. The van der Waals surface area contributed by atoms with E-state index in [4.69, 9.17) is 18.9 Å². The summed E-state index contributed by atoms with van der Waals surface area (Å²) in [5, 5.41) is 87.3. The Morgan fingerprint density at radius 3 is 1.18 bits per heavy atom. The number of carbonyl (C=O) groups is 1. The minimum absolute atomic E-state index is 0.236. The average molecular weight is 1270 g/mol. The van der Waals surface area contributed by atoms with Crippen LogP contribution in [0.3, 0.4) is 0 Å². The van der Waals surface area contributed by atoms with Gasteiger partial charge in [0.15, 0.2) is 12.6 Å². The molecule has 2 heterocycles. The van der Waals surface area contributed by atoms with Gasteiger partial charge in [0.1, 0.15) is 48.8 Å². The Morgan fingerprint density at radius 2 is 0.767 bits per heavy atom. The molecule has 90 heavy (non-hydrogen) atoms. The first-order valence-corrected chi connectivity index (χ1v) is 36.8. The highest BCUT2D eigenvalue weighted by molar-refractivity contribution is 5.76. The van der Waals surface area contributed by atoms with Gasteiger partial charge in [0, 0.05) is 6.42 Å². The molecule has 0 spiro atoms. The van der Waals surface area contributed by atoms with Crippen molar-refractivity contribution in [1.29, 1.82) is 0 Å². The van der Waals surface area contributed by atoms with Crippen LogP contribution in [0.2, 0.25) is 0 Å². The van der Waals surface area contributed by atoms with Gasteiger partial charge in [-0.25, -0.2) is 0 Å². The molecule has 12 atom stereocenters. The van der Waals surface area contributed by atoms with Crippen molar-refractivity contribution in [1.82, 2.24) is 5.32 Å². The zero-order chi connectivity index (χ0) is 65.2. The highest BCUT2D eigenvalue weighted by Crippen LogP contribution is 2.30. The summed E-state index contributed by atoms with van der Waals surface area (Å²) in [5.74, 6) is -0.236. The van der Waals surface area contributed by atoms with E-state index in [1.807, 2.05) is 6.08 Å². The molecule has 0 saturated carbocycles. The van der Waals surface area contributed by atoms with Gasteiger partial charge in [0.2, 0.25) is 5.91 Å². The average Bonchev–Trinajstić information content (AvgIpc) is 1.58. The van der Waals surface area contributed by atoms with E-state index in [0.717, 1.165) is 77.0 Å². The molecular weight excluding hydrogens is 1130 g/mol. The number of hydrogen-bond donors (Lipinski definition) is 9. The molecule has 12 unspecified atom stereocenters. The third-order valence-electron chi connectivity index (χ3n) is 17.6. The van der Waals surface area contributed by atoms with Gasteiger partial charge in [-0.05, 0) is 70.6 Å². The fraction of sp³-hybridized carbons (Fsp3) is 0.803. The van der Waals surface area contributed by atoms with Crippen molar-refractivity contribution >= 4 is 5.91 Å². The molecule has 9 N–H and O–H groups in total. The van der Waals surface area contributed by atoms with E-state index in [1.165, 1.54) is 193 Å². The minimum Gasteiger partial charge on any atom is -0.394 e. The molecule has 1 amide bonds.